The number of hydrogen-bond donors (Lipinski definition) is 4. The molecule has 0 radical (unpaired) electrons. The van der Waals surface area contributed by atoms with Crippen LogP contribution in [0.2, 0.25) is 0 Å². The van der Waals surface area contributed by atoms with Crippen LogP contribution in [0.1, 0.15) is 26.3 Å². The fourth-order valence-corrected chi connectivity index (χ4v) is 1.96. The van der Waals surface area contributed by atoms with E-state index in [1.165, 1.54) is 12.1 Å². The molecule has 7 heteroatoms. The highest BCUT2D eigenvalue weighted by molar-refractivity contribution is 6.10. The molecule has 0 saturated heterocycles. The summed E-state index contributed by atoms with van der Waals surface area (Å²) in [5.41, 5.74) is 6.33. The van der Waals surface area contributed by atoms with E-state index in [9.17, 15) is 14.4 Å². The molecular weight excluding hydrogens is 298 g/mol. The van der Waals surface area contributed by atoms with Crippen LogP contribution in [-0.4, -0.2) is 23.0 Å². The third-order valence-corrected chi connectivity index (χ3v) is 3.08. The number of carboxylic acid groups (broad SMARTS) is 1. The molecule has 3 amide bonds. The van der Waals surface area contributed by atoms with Gasteiger partial charge in [-0.2, -0.15) is 0 Å². The second-order valence-electron chi connectivity index (χ2n) is 4.72. The van der Waals surface area contributed by atoms with Crippen LogP contribution in [0.25, 0.3) is 0 Å². The van der Waals surface area contributed by atoms with E-state index in [0.29, 0.717) is 5.69 Å². The number of nitrogens with two attached hydrogens (primary N) is 1. The van der Waals surface area contributed by atoms with Crippen molar-refractivity contribution in [1.82, 2.24) is 5.32 Å². The number of rotatable bonds is 5. The SMILES string of the molecule is NC(=O)NCc1ccc(NC(=O)c2ccccc2C(=O)O)cc1. The lowest BCUT2D eigenvalue weighted by Crippen LogP contribution is -2.28. The van der Waals surface area contributed by atoms with Crippen LogP contribution in [-0.2, 0) is 6.54 Å². The Morgan fingerprint density at radius 3 is 2.13 bits per heavy atom. The largest absolute Gasteiger partial charge is 0.478 e. The van der Waals surface area contributed by atoms with Crippen molar-refractivity contribution in [3.05, 3.63) is 65.2 Å². The molecule has 5 N–H and O–H groups in total. The summed E-state index contributed by atoms with van der Waals surface area (Å²) in [5, 5.41) is 14.2. The average Bonchev–Trinajstić information content (AvgIpc) is 2.54. The van der Waals surface area contributed by atoms with E-state index >= 15 is 0 Å². The number of aromatic carboxylic acids is 1. The number of nitrogens with one attached hydrogen (secondary N) is 2. The van der Waals surface area contributed by atoms with Crippen molar-refractivity contribution < 1.29 is 19.5 Å². The molecule has 0 bridgehead atoms. The predicted octanol–water partition coefficient (Wildman–Crippen LogP) is 1.81. The molecule has 0 fully saturated rings. The molecule has 0 aliphatic heterocycles. The van der Waals surface area contributed by atoms with E-state index in [2.05, 4.69) is 10.6 Å². The summed E-state index contributed by atoms with van der Waals surface area (Å²) < 4.78 is 0. The van der Waals surface area contributed by atoms with Gasteiger partial charge < -0.3 is 21.5 Å². The number of amides is 3. The maximum absolute atomic E-state index is 12.2. The van der Waals surface area contributed by atoms with Gasteiger partial charge in [0.05, 0.1) is 11.1 Å². The van der Waals surface area contributed by atoms with Gasteiger partial charge >= 0.3 is 12.0 Å². The van der Waals surface area contributed by atoms with Gasteiger partial charge in [-0.15, -0.1) is 0 Å². The highest BCUT2D eigenvalue weighted by atomic mass is 16.4. The van der Waals surface area contributed by atoms with Gasteiger partial charge in [-0.05, 0) is 29.8 Å². The van der Waals surface area contributed by atoms with Crippen LogP contribution >= 0.6 is 0 Å². The number of primary amides is 1. The van der Waals surface area contributed by atoms with Crippen molar-refractivity contribution in [2.75, 3.05) is 5.32 Å². The Labute approximate surface area is 132 Å². The fourth-order valence-electron chi connectivity index (χ4n) is 1.96. The summed E-state index contributed by atoms with van der Waals surface area (Å²) in [7, 11) is 0. The number of carbonyl (C=O) groups excluding carboxylic acids is 2. The standard InChI is InChI=1S/C16H15N3O4/c17-16(23)18-9-10-5-7-11(8-6-10)19-14(20)12-3-1-2-4-13(12)15(21)22/h1-8H,9H2,(H,19,20)(H,21,22)(H3,17,18,23). The van der Waals surface area contributed by atoms with E-state index in [0.717, 1.165) is 5.56 Å². The third kappa shape index (κ3) is 4.31. The minimum absolute atomic E-state index is 0.0627. The molecule has 7 nitrogen and oxygen atoms in total. The number of anilines is 1. The summed E-state index contributed by atoms with van der Waals surface area (Å²) in [5.74, 6) is -1.67. The maximum Gasteiger partial charge on any atom is 0.336 e. The predicted molar refractivity (Wildman–Crippen MR) is 84.2 cm³/mol. The Bertz CT molecular complexity index is 741. The quantitative estimate of drug-likeness (QED) is 0.672. The molecule has 2 aromatic carbocycles. The summed E-state index contributed by atoms with van der Waals surface area (Å²) >= 11 is 0. The van der Waals surface area contributed by atoms with Crippen molar-refractivity contribution in [3.63, 3.8) is 0 Å². The Hall–Kier alpha value is -3.35. The first-order valence-electron chi connectivity index (χ1n) is 6.73. The zero-order valence-electron chi connectivity index (χ0n) is 12.1. The van der Waals surface area contributed by atoms with Crippen LogP contribution in [0.5, 0.6) is 0 Å². The summed E-state index contributed by atoms with van der Waals surface area (Å²) in [4.78, 5) is 34.0. The molecular formula is C16H15N3O4. The number of carboxylic acids is 1. The van der Waals surface area contributed by atoms with E-state index in [1.807, 2.05) is 0 Å². The van der Waals surface area contributed by atoms with Gasteiger partial charge in [-0.3, -0.25) is 4.79 Å². The molecule has 2 aromatic rings. The molecule has 0 aliphatic carbocycles. The maximum atomic E-state index is 12.2. The van der Waals surface area contributed by atoms with Gasteiger partial charge in [0.1, 0.15) is 0 Å². The van der Waals surface area contributed by atoms with Crippen LogP contribution in [0.3, 0.4) is 0 Å². The van der Waals surface area contributed by atoms with E-state index in [1.54, 1.807) is 36.4 Å². The van der Waals surface area contributed by atoms with Gasteiger partial charge in [0.25, 0.3) is 5.91 Å². The third-order valence-electron chi connectivity index (χ3n) is 3.08. The molecule has 0 heterocycles. The Kier molecular flexibility index (Phi) is 4.93. The Morgan fingerprint density at radius 2 is 1.57 bits per heavy atom. The summed E-state index contributed by atoms with van der Waals surface area (Å²) in [6, 6.07) is 12.1. The smallest absolute Gasteiger partial charge is 0.336 e. The van der Waals surface area contributed by atoms with E-state index in [4.69, 9.17) is 10.8 Å². The van der Waals surface area contributed by atoms with Gasteiger partial charge in [0, 0.05) is 12.2 Å². The molecule has 0 atom stereocenters. The monoisotopic (exact) mass is 313 g/mol. The second kappa shape index (κ2) is 7.08. The zero-order valence-corrected chi connectivity index (χ0v) is 12.1. The average molecular weight is 313 g/mol. The highest BCUT2D eigenvalue weighted by Crippen LogP contribution is 2.14. The lowest BCUT2D eigenvalue weighted by Gasteiger charge is -2.08. The van der Waals surface area contributed by atoms with Gasteiger partial charge in [-0.1, -0.05) is 24.3 Å². The molecule has 0 saturated carbocycles. The highest BCUT2D eigenvalue weighted by Gasteiger charge is 2.15. The van der Waals surface area contributed by atoms with Crippen LogP contribution < -0.4 is 16.4 Å². The van der Waals surface area contributed by atoms with Gasteiger partial charge in [0.2, 0.25) is 0 Å². The minimum atomic E-state index is -1.16. The van der Waals surface area contributed by atoms with Crippen LogP contribution in [0.4, 0.5) is 10.5 Å². The van der Waals surface area contributed by atoms with Gasteiger partial charge in [-0.25, -0.2) is 9.59 Å². The van der Waals surface area contributed by atoms with Gasteiger partial charge in [0.15, 0.2) is 0 Å². The number of urea groups is 1. The molecule has 0 unspecified atom stereocenters. The topological polar surface area (TPSA) is 122 Å². The first-order chi connectivity index (χ1) is 11.0. The molecule has 23 heavy (non-hydrogen) atoms. The lowest BCUT2D eigenvalue weighted by atomic mass is 10.1. The minimum Gasteiger partial charge on any atom is -0.478 e. The van der Waals surface area contributed by atoms with E-state index in [-0.39, 0.29) is 17.7 Å². The molecule has 0 aromatic heterocycles. The van der Waals surface area contributed by atoms with Crippen molar-refractivity contribution in [1.29, 1.82) is 0 Å². The molecule has 0 aliphatic rings. The normalized spacial score (nSPS) is 9.91. The second-order valence-corrected chi connectivity index (χ2v) is 4.72. The summed E-state index contributed by atoms with van der Waals surface area (Å²) in [6.07, 6.45) is 0. The number of benzene rings is 2. The molecule has 118 valence electrons. The zero-order chi connectivity index (χ0) is 16.8. The van der Waals surface area contributed by atoms with Crippen LogP contribution in [0.15, 0.2) is 48.5 Å². The van der Waals surface area contributed by atoms with Crippen molar-refractivity contribution in [3.8, 4) is 0 Å². The van der Waals surface area contributed by atoms with Crippen molar-refractivity contribution in [2.45, 2.75) is 6.54 Å². The Balaban J connectivity index is 2.09. The molecule has 2 rings (SSSR count). The lowest BCUT2D eigenvalue weighted by molar-refractivity contribution is 0.0692. The first-order valence-corrected chi connectivity index (χ1v) is 6.73. The first kappa shape index (κ1) is 16.0. The Morgan fingerprint density at radius 1 is 0.957 bits per heavy atom. The van der Waals surface area contributed by atoms with Crippen molar-refractivity contribution >= 4 is 23.6 Å². The van der Waals surface area contributed by atoms with Crippen molar-refractivity contribution in [2.24, 2.45) is 5.73 Å². The van der Waals surface area contributed by atoms with E-state index < -0.39 is 17.9 Å². The molecule has 0 spiro atoms. The fraction of sp³-hybridized carbons (Fsp3) is 0.0625. The van der Waals surface area contributed by atoms with Crippen LogP contribution in [0, 0.1) is 0 Å². The summed E-state index contributed by atoms with van der Waals surface area (Å²) in [6.45, 7) is 0.283. The number of carbonyl (C=O) groups is 3. The number of hydrogen-bond acceptors (Lipinski definition) is 3.